The molecule has 0 saturated carbocycles. The van der Waals surface area contributed by atoms with E-state index in [-0.39, 0.29) is 0 Å². The van der Waals surface area contributed by atoms with Crippen molar-refractivity contribution in [1.82, 2.24) is 16.0 Å². The van der Waals surface area contributed by atoms with Crippen molar-refractivity contribution in [1.29, 1.82) is 0 Å². The summed E-state index contributed by atoms with van der Waals surface area (Å²) in [5.74, 6) is -8.23. The van der Waals surface area contributed by atoms with Crippen molar-refractivity contribution < 1.29 is 163 Å². The molecular weight excluding hydrogens is 1110 g/mol. The van der Waals surface area contributed by atoms with E-state index in [4.69, 9.17) is 52.1 Å². The Bertz CT molecular complexity index is 2050. The minimum atomic E-state index is -3.37. The number of ether oxygens (including phenoxy) is 11. The summed E-state index contributed by atoms with van der Waals surface area (Å²) in [4.78, 5) is 51.2. The van der Waals surface area contributed by atoms with E-state index >= 15 is 0 Å². The fourth-order valence-electron chi connectivity index (χ4n) is 10.4. The van der Waals surface area contributed by atoms with E-state index in [9.17, 15) is 111 Å². The molecule has 0 bridgehead atoms. The van der Waals surface area contributed by atoms with Gasteiger partial charge in [-0.25, -0.2) is 4.79 Å². The molecule has 0 radical (unpaired) electrons. The van der Waals surface area contributed by atoms with E-state index in [2.05, 4.69) is 16.0 Å². The summed E-state index contributed by atoms with van der Waals surface area (Å²) in [6, 6.07) is -5.47. The molecule has 21 N–H and O–H groups in total. The zero-order valence-corrected chi connectivity index (χ0v) is 43.6. The first-order chi connectivity index (χ1) is 38.2. The lowest BCUT2D eigenvalue weighted by molar-refractivity contribution is -0.400. The average molecular weight is 1190 g/mol. The Morgan fingerprint density at radius 3 is 1.49 bits per heavy atom. The van der Waals surface area contributed by atoms with E-state index in [0.717, 1.165) is 20.8 Å². The van der Waals surface area contributed by atoms with Gasteiger partial charge >= 0.3 is 5.97 Å². The number of carbonyl (C=O) groups excluding carboxylic acids is 3. The second-order valence-corrected chi connectivity index (χ2v) is 20.3. The first-order valence-corrected chi connectivity index (χ1v) is 25.6. The number of rotatable bonds is 22. The van der Waals surface area contributed by atoms with E-state index in [1.807, 2.05) is 0 Å². The van der Waals surface area contributed by atoms with E-state index < -0.39 is 260 Å². The summed E-state index contributed by atoms with van der Waals surface area (Å²) >= 11 is 0. The van der Waals surface area contributed by atoms with Crippen LogP contribution >= 0.6 is 0 Å². The van der Waals surface area contributed by atoms with E-state index in [0.29, 0.717) is 0 Å². The maximum atomic E-state index is 13.6. The van der Waals surface area contributed by atoms with Crippen LogP contribution in [0.3, 0.4) is 0 Å². The monoisotopic (exact) mass is 1190 g/mol. The Kier molecular flexibility index (Phi) is 23.8. The fraction of sp³-hybridized carbons (Fsp3) is 0.911. The molecule has 6 fully saturated rings. The van der Waals surface area contributed by atoms with Crippen LogP contribution in [0.1, 0.15) is 27.2 Å². The van der Waals surface area contributed by atoms with Gasteiger partial charge in [0.1, 0.15) is 140 Å². The van der Waals surface area contributed by atoms with Gasteiger partial charge in [0.2, 0.25) is 17.7 Å². The maximum Gasteiger partial charge on any atom is 0.364 e. The van der Waals surface area contributed by atoms with Crippen LogP contribution in [0.5, 0.6) is 0 Å². The van der Waals surface area contributed by atoms with E-state index in [1.54, 1.807) is 0 Å². The minimum absolute atomic E-state index is 0.415. The van der Waals surface area contributed by atoms with Gasteiger partial charge in [0, 0.05) is 27.2 Å². The Morgan fingerprint density at radius 2 is 0.951 bits per heavy atom. The number of carboxylic acid groups (broad SMARTS) is 1. The predicted octanol–water partition coefficient (Wildman–Crippen LogP) is -13.8. The molecule has 6 aliphatic rings. The van der Waals surface area contributed by atoms with Crippen molar-refractivity contribution in [3.63, 3.8) is 0 Å². The highest BCUT2D eigenvalue weighted by Gasteiger charge is 2.62. The molecule has 6 aliphatic heterocycles. The van der Waals surface area contributed by atoms with Gasteiger partial charge in [-0.1, -0.05) is 0 Å². The quantitative estimate of drug-likeness (QED) is 0.0479. The summed E-state index contributed by atoms with van der Waals surface area (Å²) in [6.07, 6.45) is -53.6. The average Bonchev–Trinajstić information content (AvgIpc) is 3.54. The van der Waals surface area contributed by atoms with Gasteiger partial charge in [-0.15, -0.1) is 0 Å². The molecule has 0 aliphatic carbocycles. The molecule has 468 valence electrons. The number of hydrogen-bond acceptors (Lipinski definition) is 32. The first kappa shape index (κ1) is 66.9. The van der Waals surface area contributed by atoms with Crippen molar-refractivity contribution in [2.24, 2.45) is 0 Å². The van der Waals surface area contributed by atoms with Crippen molar-refractivity contribution in [3.05, 3.63) is 0 Å². The number of aliphatic carboxylic acids is 1. The molecule has 3 amide bonds. The van der Waals surface area contributed by atoms with Crippen molar-refractivity contribution >= 4 is 23.7 Å². The second kappa shape index (κ2) is 28.8. The highest BCUT2D eigenvalue weighted by molar-refractivity contribution is 5.77. The van der Waals surface area contributed by atoms with Gasteiger partial charge in [0.05, 0.1) is 58.4 Å². The fourth-order valence-corrected chi connectivity index (χ4v) is 10.4. The van der Waals surface area contributed by atoms with Crippen LogP contribution in [0.15, 0.2) is 0 Å². The SMILES string of the molecule is CC(=O)NC1C(O)[C@@H](O)C(CO)O[C@H]1O[C@H]1C(CO)O[C@@H](OC2C(NC(C)=O)[C@H](O[C@H]3C(CO)O[C@@H](O[C@@H]4C(CO)OCC(O)C4O)C(O)C3O)OC(CO)[C@@H]2O)C(O)C1O[C@]1(C(=O)O)CC(O)[C@@H](NC(C)=O)C([C@H](O)[C@H](O)CO)O1. The van der Waals surface area contributed by atoms with Crippen molar-refractivity contribution in [2.75, 3.05) is 46.2 Å². The van der Waals surface area contributed by atoms with Gasteiger partial charge in [0.25, 0.3) is 5.79 Å². The van der Waals surface area contributed by atoms with Crippen LogP contribution in [0.25, 0.3) is 0 Å². The van der Waals surface area contributed by atoms with Crippen LogP contribution in [0.2, 0.25) is 0 Å². The highest BCUT2D eigenvalue weighted by Crippen LogP contribution is 2.41. The lowest BCUT2D eigenvalue weighted by Gasteiger charge is -2.53. The van der Waals surface area contributed by atoms with Crippen molar-refractivity contribution in [2.45, 2.75) is 211 Å². The van der Waals surface area contributed by atoms with Crippen LogP contribution in [0, 0.1) is 0 Å². The lowest BCUT2D eigenvalue weighted by atomic mass is 9.88. The van der Waals surface area contributed by atoms with Crippen LogP contribution in [0.4, 0.5) is 0 Å². The third kappa shape index (κ3) is 14.7. The van der Waals surface area contributed by atoms with E-state index in [1.165, 1.54) is 0 Å². The molecule has 0 aromatic carbocycles. The van der Waals surface area contributed by atoms with Gasteiger partial charge < -0.3 is 160 Å². The predicted molar refractivity (Wildman–Crippen MR) is 250 cm³/mol. The Balaban J connectivity index is 1.39. The Morgan fingerprint density at radius 1 is 0.494 bits per heavy atom. The number of amides is 3. The third-order valence-corrected chi connectivity index (χ3v) is 14.5. The standard InChI is InChI=1S/C45H75N3O33/c1-12(55)46-23-15(58)4-45(44(69)70,80-38(23)26(61)16(59)5-49)81-39-33(68)43(75-22(10-54)36(39)78-40-24(47-13(2)56)30(65)28(63)18(6-50)72-40)79-37-25(48-14(3)57)41(73-19(7-51)29(37)64)76-35-21(9-53)74-42(32(67)31(35)66)77-34-20(8-52)71-11-17(60)27(34)62/h15-43,49-54,58-68H,4-11H2,1-3H3,(H,46,55)(H,47,56)(H,48,57)(H,69,70)/t15?,16-,17?,18?,19?,20?,21?,22?,23-,24?,25?,26-,27?,28+,29+,30?,31?,32?,33?,34-,35+,36+,37?,38?,39?,40+,41+,42+,43+,45+/m1/s1. The molecule has 36 heteroatoms. The molecule has 81 heavy (non-hydrogen) atoms. The zero-order chi connectivity index (χ0) is 60.1. The summed E-state index contributed by atoms with van der Waals surface area (Å²) in [5, 5.41) is 202. The molecule has 36 nitrogen and oxygen atoms in total. The molecule has 6 saturated heterocycles. The van der Waals surface area contributed by atoms with Gasteiger partial charge in [-0.3, -0.25) is 14.4 Å². The molecule has 0 aromatic heterocycles. The summed E-state index contributed by atoms with van der Waals surface area (Å²) in [5.41, 5.74) is 0. The first-order valence-electron chi connectivity index (χ1n) is 25.6. The molecular formula is C45H75N3O33. The zero-order valence-electron chi connectivity index (χ0n) is 43.6. The number of aliphatic hydroxyl groups is 17. The summed E-state index contributed by atoms with van der Waals surface area (Å²) < 4.78 is 64.3. The van der Waals surface area contributed by atoms with Crippen LogP contribution in [-0.2, 0) is 71.3 Å². The van der Waals surface area contributed by atoms with Gasteiger partial charge in [-0.2, -0.15) is 0 Å². The third-order valence-electron chi connectivity index (χ3n) is 14.5. The maximum absolute atomic E-state index is 13.6. The van der Waals surface area contributed by atoms with Crippen molar-refractivity contribution in [3.8, 4) is 0 Å². The van der Waals surface area contributed by atoms with Gasteiger partial charge in [0.15, 0.2) is 25.2 Å². The minimum Gasteiger partial charge on any atom is -0.477 e. The highest BCUT2D eigenvalue weighted by atomic mass is 16.8. The molecule has 6 rings (SSSR count). The normalized spacial score (nSPS) is 45.8. The number of hydrogen-bond donors (Lipinski definition) is 21. The summed E-state index contributed by atoms with van der Waals surface area (Å²) in [7, 11) is 0. The number of aliphatic hydroxyl groups excluding tert-OH is 17. The summed E-state index contributed by atoms with van der Waals surface area (Å²) in [6.45, 7) is -3.91. The van der Waals surface area contributed by atoms with Crippen LogP contribution in [-0.4, -0.2) is 345 Å². The molecule has 17 unspecified atom stereocenters. The number of carbonyl (C=O) groups is 4. The second-order valence-electron chi connectivity index (χ2n) is 20.3. The Labute approximate surface area is 459 Å². The molecule has 6 heterocycles. The Hall–Kier alpha value is -3.24. The largest absolute Gasteiger partial charge is 0.477 e. The topological polar surface area (TPSA) is 570 Å². The van der Waals surface area contributed by atoms with Gasteiger partial charge in [-0.05, 0) is 0 Å². The number of carboxylic acids is 1. The molecule has 0 spiro atoms. The van der Waals surface area contributed by atoms with Crippen LogP contribution < -0.4 is 16.0 Å². The molecule has 0 aromatic rings. The lowest BCUT2D eigenvalue weighted by Crippen LogP contribution is -2.72. The molecule has 30 atom stereocenters. The number of nitrogens with one attached hydrogen (secondary N) is 3. The smallest absolute Gasteiger partial charge is 0.364 e.